The van der Waals surface area contributed by atoms with E-state index in [2.05, 4.69) is 10.6 Å². The maximum atomic E-state index is 12.9. The van der Waals surface area contributed by atoms with E-state index in [1.165, 1.54) is 24.3 Å². The van der Waals surface area contributed by atoms with Crippen molar-refractivity contribution >= 4 is 40.3 Å². The van der Waals surface area contributed by atoms with Gasteiger partial charge in [-0.15, -0.1) is 0 Å². The number of rotatable bonds is 4. The van der Waals surface area contributed by atoms with Crippen LogP contribution in [0.4, 0.5) is 30.2 Å². The fraction of sp³-hybridized carbons (Fsp3) is 0.263. The smallest absolute Gasteiger partial charge is 0.378 e. The van der Waals surface area contributed by atoms with Gasteiger partial charge in [-0.25, -0.2) is 0 Å². The Labute approximate surface area is 180 Å². The molecular formula is C19H17F3N4O4S. The molecule has 1 amide bonds. The van der Waals surface area contributed by atoms with Crippen molar-refractivity contribution in [3.8, 4) is 0 Å². The molecule has 1 aliphatic rings. The number of anilines is 2. The molecule has 3 rings (SSSR count). The van der Waals surface area contributed by atoms with Crippen LogP contribution in [-0.2, 0) is 10.9 Å². The van der Waals surface area contributed by atoms with Crippen molar-refractivity contribution in [1.82, 2.24) is 5.32 Å². The van der Waals surface area contributed by atoms with E-state index in [1.54, 1.807) is 0 Å². The van der Waals surface area contributed by atoms with Gasteiger partial charge in [0.1, 0.15) is 0 Å². The van der Waals surface area contributed by atoms with E-state index in [-0.39, 0.29) is 22.1 Å². The number of hydrogen-bond donors (Lipinski definition) is 2. The SMILES string of the molecule is O=C(NC(=S)Nc1cccc(C(F)(F)F)c1)c1cc([N+](=O)[O-])ccc1N1CCOCC1. The molecule has 0 bridgehead atoms. The molecule has 8 nitrogen and oxygen atoms in total. The zero-order valence-electron chi connectivity index (χ0n) is 15.9. The molecule has 1 saturated heterocycles. The van der Waals surface area contributed by atoms with Crippen molar-refractivity contribution in [2.45, 2.75) is 6.18 Å². The Morgan fingerprint density at radius 3 is 2.52 bits per heavy atom. The average Bonchev–Trinajstić information content (AvgIpc) is 2.73. The topological polar surface area (TPSA) is 96.7 Å². The fourth-order valence-corrected chi connectivity index (χ4v) is 3.22. The van der Waals surface area contributed by atoms with Crippen molar-refractivity contribution in [3.05, 3.63) is 63.7 Å². The van der Waals surface area contributed by atoms with E-state index in [0.717, 1.165) is 18.2 Å². The number of benzene rings is 2. The van der Waals surface area contributed by atoms with Crippen LogP contribution in [0.2, 0.25) is 0 Å². The quantitative estimate of drug-likeness (QED) is 0.414. The number of morpholine rings is 1. The summed E-state index contributed by atoms with van der Waals surface area (Å²) in [4.78, 5) is 25.2. The standard InChI is InChI=1S/C19H17F3N4O4S/c20-19(21,22)12-2-1-3-13(10-12)23-18(31)24-17(27)15-11-14(26(28)29)4-5-16(15)25-6-8-30-9-7-25/h1-5,10-11H,6-9H2,(H2,23,24,27,31). The summed E-state index contributed by atoms with van der Waals surface area (Å²) < 4.78 is 43.9. The van der Waals surface area contributed by atoms with Gasteiger partial charge in [0.15, 0.2) is 5.11 Å². The van der Waals surface area contributed by atoms with Crippen molar-refractivity contribution < 1.29 is 27.6 Å². The highest BCUT2D eigenvalue weighted by atomic mass is 32.1. The Hall–Kier alpha value is -3.25. The van der Waals surface area contributed by atoms with Crippen LogP contribution in [0.5, 0.6) is 0 Å². The number of thiocarbonyl (C=S) groups is 1. The van der Waals surface area contributed by atoms with E-state index in [1.807, 2.05) is 4.90 Å². The van der Waals surface area contributed by atoms with Gasteiger partial charge in [0.25, 0.3) is 11.6 Å². The molecule has 0 unspecified atom stereocenters. The summed E-state index contributed by atoms with van der Waals surface area (Å²) in [5.74, 6) is -0.727. The Bertz CT molecular complexity index is 1010. The molecule has 0 saturated carbocycles. The molecule has 0 aliphatic carbocycles. The van der Waals surface area contributed by atoms with E-state index >= 15 is 0 Å². The van der Waals surface area contributed by atoms with E-state index in [9.17, 15) is 28.1 Å². The summed E-state index contributed by atoms with van der Waals surface area (Å²) in [5, 5.41) is 15.8. The van der Waals surface area contributed by atoms with Gasteiger partial charge in [0.2, 0.25) is 0 Å². The number of halogens is 3. The Balaban J connectivity index is 1.79. The first-order valence-corrected chi connectivity index (χ1v) is 9.47. The maximum Gasteiger partial charge on any atom is 0.416 e. The van der Waals surface area contributed by atoms with Crippen LogP contribution in [-0.4, -0.2) is 42.2 Å². The summed E-state index contributed by atoms with van der Waals surface area (Å²) >= 11 is 5.04. The van der Waals surface area contributed by atoms with Gasteiger partial charge in [-0.2, -0.15) is 13.2 Å². The van der Waals surface area contributed by atoms with Gasteiger partial charge in [0.05, 0.1) is 35.0 Å². The van der Waals surface area contributed by atoms with Gasteiger partial charge in [0, 0.05) is 30.9 Å². The predicted molar refractivity (Wildman–Crippen MR) is 111 cm³/mol. The average molecular weight is 454 g/mol. The lowest BCUT2D eigenvalue weighted by atomic mass is 10.1. The van der Waals surface area contributed by atoms with Crippen LogP contribution in [0.15, 0.2) is 42.5 Å². The monoisotopic (exact) mass is 454 g/mol. The number of amides is 1. The minimum absolute atomic E-state index is 0.0179. The third-order valence-corrected chi connectivity index (χ3v) is 4.67. The van der Waals surface area contributed by atoms with Crippen LogP contribution >= 0.6 is 12.2 Å². The first kappa shape index (κ1) is 22.4. The number of nitrogens with zero attached hydrogens (tertiary/aromatic N) is 2. The molecule has 2 aromatic carbocycles. The van der Waals surface area contributed by atoms with E-state index in [4.69, 9.17) is 17.0 Å². The summed E-state index contributed by atoms with van der Waals surface area (Å²) in [6.45, 7) is 1.86. The second-order valence-electron chi connectivity index (χ2n) is 6.54. The molecule has 1 fully saturated rings. The number of nitro benzene ring substituents is 1. The van der Waals surface area contributed by atoms with Gasteiger partial charge in [-0.1, -0.05) is 6.07 Å². The van der Waals surface area contributed by atoms with E-state index < -0.39 is 22.6 Å². The second-order valence-corrected chi connectivity index (χ2v) is 6.95. The molecule has 1 heterocycles. The van der Waals surface area contributed by atoms with Gasteiger partial charge in [-0.05, 0) is 36.5 Å². The Morgan fingerprint density at radius 1 is 1.16 bits per heavy atom. The molecule has 0 atom stereocenters. The number of carbonyl (C=O) groups excluding carboxylic acids is 1. The van der Waals surface area contributed by atoms with Gasteiger partial charge < -0.3 is 15.0 Å². The number of nitrogens with one attached hydrogen (secondary N) is 2. The summed E-state index contributed by atoms with van der Waals surface area (Å²) in [6, 6.07) is 8.22. The first-order valence-electron chi connectivity index (χ1n) is 9.06. The normalized spacial score (nSPS) is 14.1. The van der Waals surface area contributed by atoms with Crippen molar-refractivity contribution in [2.24, 2.45) is 0 Å². The van der Waals surface area contributed by atoms with Crippen LogP contribution in [0.25, 0.3) is 0 Å². The Morgan fingerprint density at radius 2 is 1.87 bits per heavy atom. The maximum absolute atomic E-state index is 12.9. The molecule has 12 heteroatoms. The van der Waals surface area contributed by atoms with Crippen LogP contribution < -0.4 is 15.5 Å². The van der Waals surface area contributed by atoms with Crippen LogP contribution in [0, 0.1) is 10.1 Å². The van der Waals surface area contributed by atoms with Crippen molar-refractivity contribution in [1.29, 1.82) is 0 Å². The van der Waals surface area contributed by atoms with Crippen molar-refractivity contribution in [3.63, 3.8) is 0 Å². The molecule has 1 aliphatic heterocycles. The molecule has 31 heavy (non-hydrogen) atoms. The zero-order valence-corrected chi connectivity index (χ0v) is 16.8. The van der Waals surface area contributed by atoms with E-state index in [0.29, 0.717) is 32.0 Å². The highest BCUT2D eigenvalue weighted by molar-refractivity contribution is 7.80. The number of hydrogen-bond acceptors (Lipinski definition) is 6. The lowest BCUT2D eigenvalue weighted by molar-refractivity contribution is -0.384. The third-order valence-electron chi connectivity index (χ3n) is 4.46. The highest BCUT2D eigenvalue weighted by Gasteiger charge is 2.30. The third kappa shape index (κ3) is 5.67. The molecule has 0 radical (unpaired) electrons. The lowest BCUT2D eigenvalue weighted by Gasteiger charge is -2.30. The largest absolute Gasteiger partial charge is 0.416 e. The predicted octanol–water partition coefficient (Wildman–Crippen LogP) is 3.58. The number of non-ortho nitro benzene ring substituents is 1. The molecule has 2 N–H and O–H groups in total. The molecule has 164 valence electrons. The van der Waals surface area contributed by atoms with Crippen molar-refractivity contribution in [2.75, 3.05) is 36.5 Å². The number of nitro groups is 1. The number of carbonyl (C=O) groups is 1. The molecular weight excluding hydrogens is 437 g/mol. The Kier molecular flexibility index (Phi) is 6.71. The van der Waals surface area contributed by atoms with Gasteiger partial charge >= 0.3 is 6.18 Å². The molecule has 2 aromatic rings. The second kappa shape index (κ2) is 9.27. The van der Waals surface area contributed by atoms with Crippen LogP contribution in [0.3, 0.4) is 0 Å². The number of alkyl halides is 3. The number of ether oxygens (including phenoxy) is 1. The first-order chi connectivity index (χ1) is 14.6. The summed E-state index contributed by atoms with van der Waals surface area (Å²) in [6.07, 6.45) is -4.53. The molecule has 0 spiro atoms. The minimum atomic E-state index is -4.53. The minimum Gasteiger partial charge on any atom is -0.378 e. The van der Waals surface area contributed by atoms with Gasteiger partial charge in [-0.3, -0.25) is 20.2 Å². The molecule has 0 aromatic heterocycles. The lowest BCUT2D eigenvalue weighted by Crippen LogP contribution is -2.39. The highest BCUT2D eigenvalue weighted by Crippen LogP contribution is 2.31. The fourth-order valence-electron chi connectivity index (χ4n) is 3.01. The summed E-state index contributed by atoms with van der Waals surface area (Å²) in [7, 11) is 0. The summed E-state index contributed by atoms with van der Waals surface area (Å²) in [5.41, 5.74) is -0.635. The van der Waals surface area contributed by atoms with Crippen LogP contribution in [0.1, 0.15) is 15.9 Å². The zero-order chi connectivity index (χ0) is 22.6.